The van der Waals surface area contributed by atoms with Crippen LogP contribution in [0.4, 0.5) is 5.69 Å². The Labute approximate surface area is 171 Å². The van der Waals surface area contributed by atoms with E-state index in [1.807, 2.05) is 12.1 Å². The lowest BCUT2D eigenvalue weighted by Gasteiger charge is -2.17. The Balaban J connectivity index is 1.72. The van der Waals surface area contributed by atoms with Gasteiger partial charge in [0.2, 0.25) is 0 Å². The van der Waals surface area contributed by atoms with E-state index < -0.39 is 0 Å². The molecule has 0 aliphatic carbocycles. The third kappa shape index (κ3) is 8.24. The summed E-state index contributed by atoms with van der Waals surface area (Å²) in [6.07, 6.45) is 6.35. The van der Waals surface area contributed by atoms with Crippen molar-refractivity contribution in [2.75, 3.05) is 18.5 Å². The average Bonchev–Trinajstić information content (AvgIpc) is 2.70. The molecule has 28 heavy (non-hydrogen) atoms. The minimum absolute atomic E-state index is 0.0769. The fourth-order valence-electron chi connectivity index (χ4n) is 3.06. The molecule has 1 N–H and O–H groups in total. The molecule has 3 heteroatoms. The topological polar surface area (TPSA) is 30.5 Å². The molecule has 0 radical (unpaired) electrons. The number of anilines is 1. The predicted octanol–water partition coefficient (Wildman–Crippen LogP) is 7.04. The highest BCUT2D eigenvalue weighted by Crippen LogP contribution is 2.21. The van der Waals surface area contributed by atoms with E-state index in [1.165, 1.54) is 31.2 Å². The van der Waals surface area contributed by atoms with Crippen molar-refractivity contribution in [3.05, 3.63) is 54.1 Å². The summed E-state index contributed by atoms with van der Waals surface area (Å²) in [6.45, 7) is 10.3. The lowest BCUT2D eigenvalue weighted by atomic mass is 10.0. The number of rotatable bonds is 13. The lowest BCUT2D eigenvalue weighted by Crippen LogP contribution is -2.22. The summed E-state index contributed by atoms with van der Waals surface area (Å²) in [6, 6.07) is 16.6. The Kier molecular flexibility index (Phi) is 9.74. The molecule has 154 valence electrons. The predicted molar refractivity (Wildman–Crippen MR) is 120 cm³/mol. The first kappa shape index (κ1) is 22.1. The van der Waals surface area contributed by atoms with Crippen molar-refractivity contribution in [1.29, 1.82) is 0 Å². The van der Waals surface area contributed by atoms with Gasteiger partial charge in [0.1, 0.15) is 17.6 Å². The van der Waals surface area contributed by atoms with Gasteiger partial charge in [-0.05, 0) is 49.1 Å². The maximum Gasteiger partial charge on any atom is 0.121 e. The third-order valence-electron chi connectivity index (χ3n) is 4.83. The molecule has 0 aliphatic heterocycles. The van der Waals surface area contributed by atoms with Crippen molar-refractivity contribution in [3.8, 4) is 11.5 Å². The van der Waals surface area contributed by atoms with Gasteiger partial charge < -0.3 is 14.8 Å². The normalized spacial score (nSPS) is 12.0. The Bertz CT molecular complexity index is 667. The molecule has 0 fully saturated rings. The highest BCUT2D eigenvalue weighted by molar-refractivity contribution is 5.48. The molecule has 2 rings (SSSR count). The molecule has 2 aromatic carbocycles. The first-order valence-corrected chi connectivity index (χ1v) is 10.8. The summed E-state index contributed by atoms with van der Waals surface area (Å²) in [5, 5.41) is 3.45. The zero-order valence-electron chi connectivity index (χ0n) is 18.0. The molecule has 0 bridgehead atoms. The standard InChI is InChI=1S/C25H37NO2/c1-5-6-7-8-9-17-27-25-12-10-11-23(18-25)26-19-21(4)28-24-15-13-22(14-16-24)20(2)3/h10-16,18,20-21,26H,5-9,17,19H2,1-4H3. The molecule has 0 saturated heterocycles. The second-order valence-electron chi connectivity index (χ2n) is 7.82. The van der Waals surface area contributed by atoms with E-state index in [4.69, 9.17) is 9.47 Å². The summed E-state index contributed by atoms with van der Waals surface area (Å²) < 4.78 is 11.9. The van der Waals surface area contributed by atoms with Crippen molar-refractivity contribution >= 4 is 5.69 Å². The van der Waals surface area contributed by atoms with E-state index in [-0.39, 0.29) is 6.10 Å². The lowest BCUT2D eigenvalue weighted by molar-refractivity contribution is 0.234. The Morgan fingerprint density at radius 2 is 1.61 bits per heavy atom. The van der Waals surface area contributed by atoms with Gasteiger partial charge in [0.05, 0.1) is 13.2 Å². The number of benzene rings is 2. The number of unbranched alkanes of at least 4 members (excludes halogenated alkanes) is 4. The number of hydrogen-bond acceptors (Lipinski definition) is 3. The average molecular weight is 384 g/mol. The summed E-state index contributed by atoms with van der Waals surface area (Å²) in [7, 11) is 0. The summed E-state index contributed by atoms with van der Waals surface area (Å²) in [4.78, 5) is 0. The molecular weight excluding hydrogens is 346 g/mol. The molecule has 0 heterocycles. The number of nitrogens with one attached hydrogen (secondary N) is 1. The highest BCUT2D eigenvalue weighted by Gasteiger charge is 2.06. The SMILES string of the molecule is CCCCCCCOc1cccc(NCC(C)Oc2ccc(C(C)C)cc2)c1. The molecule has 0 saturated carbocycles. The van der Waals surface area contributed by atoms with Crippen LogP contribution in [0, 0.1) is 0 Å². The fraction of sp³-hybridized carbons (Fsp3) is 0.520. The van der Waals surface area contributed by atoms with Crippen LogP contribution in [-0.2, 0) is 0 Å². The van der Waals surface area contributed by atoms with E-state index >= 15 is 0 Å². The van der Waals surface area contributed by atoms with Crippen molar-refractivity contribution in [3.63, 3.8) is 0 Å². The molecule has 2 aromatic rings. The van der Waals surface area contributed by atoms with E-state index in [1.54, 1.807) is 0 Å². The van der Waals surface area contributed by atoms with Crippen LogP contribution in [0.5, 0.6) is 11.5 Å². The number of ether oxygens (including phenoxy) is 2. The van der Waals surface area contributed by atoms with Gasteiger partial charge in [-0.3, -0.25) is 0 Å². The molecule has 0 amide bonds. The van der Waals surface area contributed by atoms with Gasteiger partial charge in [0.25, 0.3) is 0 Å². The monoisotopic (exact) mass is 383 g/mol. The van der Waals surface area contributed by atoms with E-state index in [0.29, 0.717) is 5.92 Å². The second kappa shape index (κ2) is 12.3. The maximum atomic E-state index is 6.02. The Hall–Kier alpha value is -2.16. The fourth-order valence-corrected chi connectivity index (χ4v) is 3.06. The zero-order chi connectivity index (χ0) is 20.2. The summed E-state index contributed by atoms with van der Waals surface area (Å²) in [5.74, 6) is 2.39. The van der Waals surface area contributed by atoms with Gasteiger partial charge in [-0.15, -0.1) is 0 Å². The zero-order valence-corrected chi connectivity index (χ0v) is 18.0. The van der Waals surface area contributed by atoms with Crippen LogP contribution in [0.15, 0.2) is 48.5 Å². The van der Waals surface area contributed by atoms with Gasteiger partial charge in [-0.1, -0.05) is 64.7 Å². The Morgan fingerprint density at radius 3 is 2.32 bits per heavy atom. The van der Waals surface area contributed by atoms with Crippen LogP contribution in [0.25, 0.3) is 0 Å². The molecule has 1 atom stereocenters. The van der Waals surface area contributed by atoms with Gasteiger partial charge in [-0.25, -0.2) is 0 Å². The van der Waals surface area contributed by atoms with Crippen molar-refractivity contribution in [2.45, 2.75) is 71.8 Å². The molecule has 0 aromatic heterocycles. The van der Waals surface area contributed by atoms with E-state index in [2.05, 4.69) is 69.4 Å². The van der Waals surface area contributed by atoms with E-state index in [9.17, 15) is 0 Å². The molecule has 0 aliphatic rings. The summed E-state index contributed by atoms with van der Waals surface area (Å²) >= 11 is 0. The maximum absolute atomic E-state index is 6.02. The molecule has 3 nitrogen and oxygen atoms in total. The van der Waals surface area contributed by atoms with Crippen LogP contribution in [-0.4, -0.2) is 19.3 Å². The van der Waals surface area contributed by atoms with Crippen LogP contribution in [0.3, 0.4) is 0 Å². The van der Waals surface area contributed by atoms with Gasteiger partial charge >= 0.3 is 0 Å². The quantitative estimate of drug-likeness (QED) is 0.376. The minimum atomic E-state index is 0.0769. The van der Waals surface area contributed by atoms with Gasteiger partial charge in [0.15, 0.2) is 0 Å². The second-order valence-corrected chi connectivity index (χ2v) is 7.82. The number of hydrogen-bond donors (Lipinski definition) is 1. The van der Waals surface area contributed by atoms with Gasteiger partial charge in [0, 0.05) is 11.8 Å². The smallest absolute Gasteiger partial charge is 0.121 e. The van der Waals surface area contributed by atoms with Crippen molar-refractivity contribution < 1.29 is 9.47 Å². The minimum Gasteiger partial charge on any atom is -0.494 e. The van der Waals surface area contributed by atoms with Crippen LogP contribution >= 0.6 is 0 Å². The van der Waals surface area contributed by atoms with Crippen LogP contribution in [0.1, 0.15) is 71.3 Å². The van der Waals surface area contributed by atoms with Crippen molar-refractivity contribution in [1.82, 2.24) is 0 Å². The highest BCUT2D eigenvalue weighted by atomic mass is 16.5. The van der Waals surface area contributed by atoms with Crippen LogP contribution in [0.2, 0.25) is 0 Å². The Morgan fingerprint density at radius 1 is 0.857 bits per heavy atom. The van der Waals surface area contributed by atoms with Crippen LogP contribution < -0.4 is 14.8 Å². The largest absolute Gasteiger partial charge is 0.494 e. The first-order valence-electron chi connectivity index (χ1n) is 10.8. The molecule has 1 unspecified atom stereocenters. The third-order valence-corrected chi connectivity index (χ3v) is 4.83. The van der Waals surface area contributed by atoms with E-state index in [0.717, 1.165) is 36.8 Å². The van der Waals surface area contributed by atoms with Gasteiger partial charge in [-0.2, -0.15) is 0 Å². The molecular formula is C25H37NO2. The molecule has 0 spiro atoms. The summed E-state index contributed by atoms with van der Waals surface area (Å²) in [5.41, 5.74) is 2.40. The van der Waals surface area contributed by atoms with Crippen molar-refractivity contribution in [2.24, 2.45) is 0 Å². The first-order chi connectivity index (χ1) is 13.6.